The third kappa shape index (κ3) is 3.53. The van der Waals surface area contributed by atoms with Crippen molar-refractivity contribution >= 4 is 5.78 Å². The van der Waals surface area contributed by atoms with Gasteiger partial charge in [0.05, 0.1) is 6.33 Å². The molecule has 3 nitrogen and oxygen atoms in total. The van der Waals surface area contributed by atoms with Crippen LogP contribution in [0.5, 0.6) is 0 Å². The van der Waals surface area contributed by atoms with Gasteiger partial charge in [-0.2, -0.15) is 0 Å². The Kier molecular flexibility index (Phi) is 4.15. The van der Waals surface area contributed by atoms with Crippen LogP contribution < -0.4 is 0 Å². The smallest absolute Gasteiger partial charge is 0.139 e. The van der Waals surface area contributed by atoms with Gasteiger partial charge in [0.1, 0.15) is 5.78 Å². The Balaban J connectivity index is 1.99. The first-order valence-corrected chi connectivity index (χ1v) is 6.60. The second-order valence-electron chi connectivity index (χ2n) is 5.14. The van der Waals surface area contributed by atoms with E-state index < -0.39 is 0 Å². The van der Waals surface area contributed by atoms with Crippen molar-refractivity contribution in [2.45, 2.75) is 40.2 Å². The number of nitrogens with zero attached hydrogens (tertiary/aromatic N) is 2. The Bertz CT molecular complexity index is 547. The minimum atomic E-state index is 0.281. The minimum Gasteiger partial charge on any atom is -0.337 e. The summed E-state index contributed by atoms with van der Waals surface area (Å²) in [5, 5.41) is 0. The van der Waals surface area contributed by atoms with Crippen LogP contribution in [0.2, 0.25) is 0 Å². The summed E-state index contributed by atoms with van der Waals surface area (Å²) >= 11 is 0. The SMILES string of the molecule is Cc1cc(C)c(CC(=O)CCn2ccnc2)c(C)c1. The highest BCUT2D eigenvalue weighted by Crippen LogP contribution is 2.17. The van der Waals surface area contributed by atoms with Gasteiger partial charge in [0.15, 0.2) is 0 Å². The number of imidazole rings is 1. The molecule has 1 aromatic carbocycles. The predicted molar refractivity (Wildman–Crippen MR) is 76.2 cm³/mol. The fourth-order valence-electron chi connectivity index (χ4n) is 2.45. The molecule has 2 rings (SSSR count). The van der Waals surface area contributed by atoms with Crippen molar-refractivity contribution < 1.29 is 4.79 Å². The van der Waals surface area contributed by atoms with E-state index in [1.165, 1.54) is 22.3 Å². The van der Waals surface area contributed by atoms with E-state index in [0.717, 1.165) is 0 Å². The van der Waals surface area contributed by atoms with E-state index in [2.05, 4.69) is 37.9 Å². The molecule has 3 heteroatoms. The molecule has 1 aromatic heterocycles. The number of hydrogen-bond acceptors (Lipinski definition) is 2. The number of hydrogen-bond donors (Lipinski definition) is 0. The van der Waals surface area contributed by atoms with E-state index in [0.29, 0.717) is 19.4 Å². The van der Waals surface area contributed by atoms with Crippen molar-refractivity contribution in [2.75, 3.05) is 0 Å². The Morgan fingerprint density at radius 2 is 1.89 bits per heavy atom. The quantitative estimate of drug-likeness (QED) is 0.824. The predicted octanol–water partition coefficient (Wildman–Crippen LogP) is 3.01. The van der Waals surface area contributed by atoms with Crippen LogP contribution in [0.3, 0.4) is 0 Å². The van der Waals surface area contributed by atoms with E-state index in [1.807, 2.05) is 10.8 Å². The number of aromatic nitrogens is 2. The number of rotatable bonds is 5. The van der Waals surface area contributed by atoms with Crippen LogP contribution in [0.1, 0.15) is 28.7 Å². The molecule has 0 aliphatic rings. The fourth-order valence-corrected chi connectivity index (χ4v) is 2.45. The van der Waals surface area contributed by atoms with Gasteiger partial charge in [-0.25, -0.2) is 4.98 Å². The van der Waals surface area contributed by atoms with E-state index in [9.17, 15) is 4.79 Å². The minimum absolute atomic E-state index is 0.281. The van der Waals surface area contributed by atoms with Crippen LogP contribution in [-0.4, -0.2) is 15.3 Å². The summed E-state index contributed by atoms with van der Waals surface area (Å²) in [7, 11) is 0. The molecule has 0 bridgehead atoms. The fraction of sp³-hybridized carbons (Fsp3) is 0.375. The Morgan fingerprint density at radius 1 is 1.21 bits per heavy atom. The van der Waals surface area contributed by atoms with Gasteiger partial charge in [0, 0.05) is 31.8 Å². The molecule has 0 unspecified atom stereocenters. The lowest BCUT2D eigenvalue weighted by Gasteiger charge is -2.11. The molecule has 19 heavy (non-hydrogen) atoms. The normalized spacial score (nSPS) is 10.7. The molecule has 0 spiro atoms. The first kappa shape index (κ1) is 13.5. The van der Waals surface area contributed by atoms with E-state index >= 15 is 0 Å². The Labute approximate surface area is 114 Å². The molecule has 0 saturated heterocycles. The van der Waals surface area contributed by atoms with Gasteiger partial charge in [-0.1, -0.05) is 17.7 Å². The van der Waals surface area contributed by atoms with Crippen LogP contribution in [0.4, 0.5) is 0 Å². The van der Waals surface area contributed by atoms with Gasteiger partial charge in [-0.15, -0.1) is 0 Å². The zero-order chi connectivity index (χ0) is 13.8. The Morgan fingerprint density at radius 3 is 2.47 bits per heavy atom. The lowest BCUT2D eigenvalue weighted by Crippen LogP contribution is -2.09. The molecular formula is C16H20N2O. The average molecular weight is 256 g/mol. The van der Waals surface area contributed by atoms with Gasteiger partial charge >= 0.3 is 0 Å². The summed E-state index contributed by atoms with van der Waals surface area (Å²) in [5.74, 6) is 0.281. The van der Waals surface area contributed by atoms with Crippen molar-refractivity contribution in [3.8, 4) is 0 Å². The topological polar surface area (TPSA) is 34.9 Å². The second kappa shape index (κ2) is 5.83. The number of carbonyl (C=O) groups excluding carboxylic acids is 1. The third-order valence-electron chi connectivity index (χ3n) is 3.42. The molecule has 0 atom stereocenters. The number of carbonyl (C=O) groups is 1. The molecule has 0 N–H and O–H groups in total. The zero-order valence-corrected chi connectivity index (χ0v) is 11.8. The highest BCUT2D eigenvalue weighted by Gasteiger charge is 2.09. The first-order valence-electron chi connectivity index (χ1n) is 6.60. The average Bonchev–Trinajstić information content (AvgIpc) is 2.84. The van der Waals surface area contributed by atoms with E-state index in [-0.39, 0.29) is 5.78 Å². The molecule has 0 saturated carbocycles. The van der Waals surface area contributed by atoms with Crippen molar-refractivity contribution in [1.82, 2.24) is 9.55 Å². The van der Waals surface area contributed by atoms with Gasteiger partial charge in [-0.05, 0) is 37.5 Å². The van der Waals surface area contributed by atoms with Crippen molar-refractivity contribution in [1.29, 1.82) is 0 Å². The zero-order valence-electron chi connectivity index (χ0n) is 11.8. The molecule has 1 heterocycles. The van der Waals surface area contributed by atoms with Gasteiger partial charge in [0.25, 0.3) is 0 Å². The number of Topliss-reactive ketones (excluding diaryl/α,β-unsaturated/α-hetero) is 1. The lowest BCUT2D eigenvalue weighted by atomic mass is 9.95. The lowest BCUT2D eigenvalue weighted by molar-refractivity contribution is -0.118. The first-order chi connectivity index (χ1) is 9.06. The summed E-state index contributed by atoms with van der Waals surface area (Å²) in [6.45, 7) is 6.96. The van der Waals surface area contributed by atoms with Crippen LogP contribution >= 0.6 is 0 Å². The maximum absolute atomic E-state index is 12.1. The van der Waals surface area contributed by atoms with Gasteiger partial charge in [-0.3, -0.25) is 4.79 Å². The monoisotopic (exact) mass is 256 g/mol. The van der Waals surface area contributed by atoms with Gasteiger partial charge in [0.2, 0.25) is 0 Å². The molecule has 0 amide bonds. The molecule has 0 radical (unpaired) electrons. The highest BCUT2D eigenvalue weighted by molar-refractivity contribution is 5.81. The van der Waals surface area contributed by atoms with Crippen LogP contribution in [0.15, 0.2) is 30.9 Å². The van der Waals surface area contributed by atoms with E-state index in [1.54, 1.807) is 12.5 Å². The van der Waals surface area contributed by atoms with E-state index in [4.69, 9.17) is 0 Å². The number of benzene rings is 1. The molecular weight excluding hydrogens is 236 g/mol. The maximum atomic E-state index is 12.1. The summed E-state index contributed by atoms with van der Waals surface area (Å²) in [5.41, 5.74) is 4.87. The van der Waals surface area contributed by atoms with Crippen molar-refractivity contribution in [3.05, 3.63) is 53.1 Å². The number of aryl methyl sites for hydroxylation is 4. The summed E-state index contributed by atoms with van der Waals surface area (Å²) in [6.07, 6.45) is 6.46. The standard InChI is InChI=1S/C16H20N2O/c1-12-8-13(2)16(14(3)9-12)10-15(19)4-6-18-7-5-17-11-18/h5,7-9,11H,4,6,10H2,1-3H3. The summed E-state index contributed by atoms with van der Waals surface area (Å²) in [6, 6.07) is 4.29. The highest BCUT2D eigenvalue weighted by atomic mass is 16.1. The molecule has 0 fully saturated rings. The number of ketones is 1. The second-order valence-corrected chi connectivity index (χ2v) is 5.14. The summed E-state index contributed by atoms with van der Waals surface area (Å²) in [4.78, 5) is 16.0. The molecule has 100 valence electrons. The third-order valence-corrected chi connectivity index (χ3v) is 3.42. The molecule has 2 aromatic rings. The van der Waals surface area contributed by atoms with Crippen molar-refractivity contribution in [2.24, 2.45) is 0 Å². The molecule has 0 aliphatic heterocycles. The largest absolute Gasteiger partial charge is 0.337 e. The van der Waals surface area contributed by atoms with Crippen LogP contribution in [-0.2, 0) is 17.8 Å². The van der Waals surface area contributed by atoms with Crippen LogP contribution in [0.25, 0.3) is 0 Å². The van der Waals surface area contributed by atoms with Crippen molar-refractivity contribution in [3.63, 3.8) is 0 Å². The molecule has 0 aliphatic carbocycles. The van der Waals surface area contributed by atoms with Crippen LogP contribution in [0, 0.1) is 20.8 Å². The Hall–Kier alpha value is -1.90. The maximum Gasteiger partial charge on any atom is 0.139 e. The van der Waals surface area contributed by atoms with Gasteiger partial charge < -0.3 is 4.57 Å². The summed E-state index contributed by atoms with van der Waals surface area (Å²) < 4.78 is 1.94.